The summed E-state index contributed by atoms with van der Waals surface area (Å²) in [5.41, 5.74) is 3.12. The zero-order chi connectivity index (χ0) is 10.1. The summed E-state index contributed by atoms with van der Waals surface area (Å²) in [5.74, 6) is 0. The molecule has 1 N–H and O–H groups in total. The third kappa shape index (κ3) is 1.38. The minimum Gasteiger partial charge on any atom is -0.278 e. The van der Waals surface area contributed by atoms with Crippen LogP contribution in [-0.2, 0) is 0 Å². The van der Waals surface area contributed by atoms with Crippen molar-refractivity contribution in [2.75, 3.05) is 0 Å². The van der Waals surface area contributed by atoms with E-state index in [1.165, 1.54) is 0 Å². The smallest absolute Gasteiger partial charge is 0.0702 e. The maximum atomic E-state index is 4.31. The predicted octanol–water partition coefficient (Wildman–Crippen LogP) is 2.62. The molecule has 3 aromatic rings. The highest BCUT2D eigenvalue weighted by Gasteiger charge is 2.00. The van der Waals surface area contributed by atoms with Crippen molar-refractivity contribution in [3.8, 4) is 11.3 Å². The molecule has 3 heteroatoms. The van der Waals surface area contributed by atoms with Gasteiger partial charge in [0.15, 0.2) is 0 Å². The first-order valence-electron chi connectivity index (χ1n) is 4.78. The van der Waals surface area contributed by atoms with E-state index in [2.05, 4.69) is 27.3 Å². The largest absolute Gasteiger partial charge is 0.278 e. The van der Waals surface area contributed by atoms with Crippen molar-refractivity contribution in [3.05, 3.63) is 48.8 Å². The van der Waals surface area contributed by atoms with Crippen LogP contribution in [0.3, 0.4) is 0 Å². The first-order valence-corrected chi connectivity index (χ1v) is 4.78. The second-order valence-corrected chi connectivity index (χ2v) is 3.39. The molecule has 0 saturated carbocycles. The fraction of sp³-hybridized carbons (Fsp3) is 0. The number of H-pyrrole nitrogens is 1. The molecule has 0 unspecified atom stereocenters. The maximum Gasteiger partial charge on any atom is 0.0702 e. The van der Waals surface area contributed by atoms with E-state index in [-0.39, 0.29) is 0 Å². The number of aromatic amines is 1. The van der Waals surface area contributed by atoms with Crippen LogP contribution in [0.25, 0.3) is 22.2 Å². The van der Waals surface area contributed by atoms with Gasteiger partial charge in [0.2, 0.25) is 0 Å². The summed E-state index contributed by atoms with van der Waals surface area (Å²) in [6, 6.07) is 12.1. The fourth-order valence-corrected chi connectivity index (χ4v) is 1.63. The van der Waals surface area contributed by atoms with Gasteiger partial charge in [0.25, 0.3) is 0 Å². The van der Waals surface area contributed by atoms with Gasteiger partial charge in [0.1, 0.15) is 0 Å². The molecule has 3 rings (SSSR count). The van der Waals surface area contributed by atoms with Gasteiger partial charge in [-0.05, 0) is 18.2 Å². The molecule has 0 amide bonds. The Hall–Kier alpha value is -2.16. The lowest BCUT2D eigenvalue weighted by molar-refractivity contribution is 1.12. The van der Waals surface area contributed by atoms with E-state index in [4.69, 9.17) is 0 Å². The zero-order valence-corrected chi connectivity index (χ0v) is 8.01. The number of nitrogens with zero attached hydrogens (tertiary/aromatic N) is 2. The number of rotatable bonds is 1. The second-order valence-electron chi connectivity index (χ2n) is 3.39. The lowest BCUT2D eigenvalue weighted by Gasteiger charge is -1.99. The molecular formula is C12H9N3. The Bertz CT molecular complexity index is 584. The van der Waals surface area contributed by atoms with Gasteiger partial charge in [0, 0.05) is 17.1 Å². The van der Waals surface area contributed by atoms with Crippen LogP contribution in [-0.4, -0.2) is 15.2 Å². The van der Waals surface area contributed by atoms with Gasteiger partial charge in [-0.25, -0.2) is 0 Å². The Morgan fingerprint density at radius 2 is 2.07 bits per heavy atom. The number of nitrogens with one attached hydrogen (secondary N) is 1. The summed E-state index contributed by atoms with van der Waals surface area (Å²) in [7, 11) is 0. The normalized spacial score (nSPS) is 10.7. The molecule has 0 aliphatic carbocycles. The van der Waals surface area contributed by atoms with E-state index in [9.17, 15) is 0 Å². The maximum absolute atomic E-state index is 4.31. The average molecular weight is 195 g/mol. The molecule has 0 fully saturated rings. The SMILES string of the molecule is c1ccc(-c2ccc3cn[nH]c3c2)nc1. The molecule has 15 heavy (non-hydrogen) atoms. The molecule has 1 aromatic carbocycles. The summed E-state index contributed by atoms with van der Waals surface area (Å²) in [4.78, 5) is 4.31. The highest BCUT2D eigenvalue weighted by Crippen LogP contribution is 2.20. The molecule has 2 heterocycles. The third-order valence-corrected chi connectivity index (χ3v) is 2.40. The first-order chi connectivity index (χ1) is 7.43. The number of fused-ring (bicyclic) bond motifs is 1. The van der Waals surface area contributed by atoms with Gasteiger partial charge in [0.05, 0.1) is 17.4 Å². The van der Waals surface area contributed by atoms with Gasteiger partial charge < -0.3 is 0 Å². The molecule has 0 bridgehead atoms. The molecule has 72 valence electrons. The van der Waals surface area contributed by atoms with Crippen molar-refractivity contribution < 1.29 is 0 Å². The summed E-state index contributed by atoms with van der Waals surface area (Å²) in [6.07, 6.45) is 3.62. The van der Waals surface area contributed by atoms with Crippen LogP contribution in [0.2, 0.25) is 0 Å². The van der Waals surface area contributed by atoms with E-state index < -0.39 is 0 Å². The molecule has 3 nitrogen and oxygen atoms in total. The van der Waals surface area contributed by atoms with Crippen molar-refractivity contribution >= 4 is 10.9 Å². The quantitative estimate of drug-likeness (QED) is 0.648. The Morgan fingerprint density at radius 1 is 1.07 bits per heavy atom. The van der Waals surface area contributed by atoms with Crippen LogP contribution in [0.4, 0.5) is 0 Å². The van der Waals surface area contributed by atoms with Gasteiger partial charge in [-0.15, -0.1) is 0 Å². The van der Waals surface area contributed by atoms with Crippen LogP contribution in [0.15, 0.2) is 48.8 Å². The van der Waals surface area contributed by atoms with Gasteiger partial charge in [-0.3, -0.25) is 10.1 Å². The van der Waals surface area contributed by atoms with E-state index in [1.807, 2.05) is 30.5 Å². The minimum absolute atomic E-state index is 0.981. The molecule has 0 aliphatic rings. The highest BCUT2D eigenvalue weighted by molar-refractivity contribution is 5.82. The van der Waals surface area contributed by atoms with Crippen molar-refractivity contribution in [1.82, 2.24) is 15.2 Å². The van der Waals surface area contributed by atoms with Crippen LogP contribution in [0.5, 0.6) is 0 Å². The predicted molar refractivity (Wildman–Crippen MR) is 59.3 cm³/mol. The summed E-state index contributed by atoms with van der Waals surface area (Å²) in [5, 5.41) is 8.06. The monoisotopic (exact) mass is 195 g/mol. The van der Waals surface area contributed by atoms with E-state index in [1.54, 1.807) is 6.20 Å². The number of aromatic nitrogens is 3. The molecule has 2 aromatic heterocycles. The topological polar surface area (TPSA) is 41.6 Å². The standard InChI is InChI=1S/C12H9N3/c1-2-6-13-11(3-1)9-4-5-10-8-14-15-12(10)7-9/h1-8H,(H,14,15). The molecular weight excluding hydrogens is 186 g/mol. The van der Waals surface area contributed by atoms with Crippen LogP contribution in [0.1, 0.15) is 0 Å². The lowest BCUT2D eigenvalue weighted by Crippen LogP contribution is -1.81. The summed E-state index contributed by atoms with van der Waals surface area (Å²) in [6.45, 7) is 0. The van der Waals surface area contributed by atoms with Crippen LogP contribution in [0, 0.1) is 0 Å². The van der Waals surface area contributed by atoms with Gasteiger partial charge in [-0.1, -0.05) is 18.2 Å². The first kappa shape index (κ1) is 8.17. The lowest BCUT2D eigenvalue weighted by atomic mass is 10.1. The number of benzene rings is 1. The Kier molecular flexibility index (Phi) is 1.75. The second kappa shape index (κ2) is 3.20. The van der Waals surface area contributed by atoms with E-state index in [0.29, 0.717) is 0 Å². The Labute approximate surface area is 86.8 Å². The van der Waals surface area contributed by atoms with E-state index >= 15 is 0 Å². The van der Waals surface area contributed by atoms with Crippen LogP contribution >= 0.6 is 0 Å². The Morgan fingerprint density at radius 3 is 2.93 bits per heavy atom. The summed E-state index contributed by atoms with van der Waals surface area (Å²) >= 11 is 0. The third-order valence-electron chi connectivity index (χ3n) is 2.40. The number of hydrogen-bond acceptors (Lipinski definition) is 2. The zero-order valence-electron chi connectivity index (χ0n) is 8.01. The van der Waals surface area contributed by atoms with Crippen molar-refractivity contribution in [3.63, 3.8) is 0 Å². The average Bonchev–Trinajstić information content (AvgIpc) is 2.77. The summed E-state index contributed by atoms with van der Waals surface area (Å²) < 4.78 is 0. The molecule has 0 atom stereocenters. The van der Waals surface area contributed by atoms with Crippen molar-refractivity contribution in [2.24, 2.45) is 0 Å². The van der Waals surface area contributed by atoms with E-state index in [0.717, 1.165) is 22.2 Å². The molecule has 0 aliphatic heterocycles. The van der Waals surface area contributed by atoms with Crippen molar-refractivity contribution in [1.29, 1.82) is 0 Å². The minimum atomic E-state index is 0.981. The van der Waals surface area contributed by atoms with Gasteiger partial charge in [-0.2, -0.15) is 5.10 Å². The molecule has 0 spiro atoms. The molecule has 0 radical (unpaired) electrons. The highest BCUT2D eigenvalue weighted by atomic mass is 15.1. The Balaban J connectivity index is 2.19. The fourth-order valence-electron chi connectivity index (χ4n) is 1.63. The van der Waals surface area contributed by atoms with Crippen LogP contribution < -0.4 is 0 Å². The number of pyridine rings is 1. The van der Waals surface area contributed by atoms with Gasteiger partial charge >= 0.3 is 0 Å². The number of hydrogen-bond donors (Lipinski definition) is 1. The van der Waals surface area contributed by atoms with Crippen molar-refractivity contribution in [2.45, 2.75) is 0 Å². The molecule has 0 saturated heterocycles.